The summed E-state index contributed by atoms with van der Waals surface area (Å²) in [6.45, 7) is 5.75. The van der Waals surface area contributed by atoms with Crippen molar-refractivity contribution in [3.63, 3.8) is 0 Å². The van der Waals surface area contributed by atoms with Crippen molar-refractivity contribution in [2.24, 2.45) is 5.41 Å². The number of piperidine rings is 1. The molecule has 0 radical (unpaired) electrons. The van der Waals surface area contributed by atoms with Gasteiger partial charge in [-0.1, -0.05) is 6.92 Å². The van der Waals surface area contributed by atoms with E-state index in [9.17, 15) is 9.90 Å². The fraction of sp³-hybridized carbons (Fsp3) is 0.692. The molecule has 1 saturated heterocycles. The molecule has 0 amide bonds. The highest BCUT2D eigenvalue weighted by Gasteiger charge is 2.42. The third-order valence-electron chi connectivity index (χ3n) is 4.15. The molecule has 1 aliphatic rings. The molecule has 1 aromatic rings. The van der Waals surface area contributed by atoms with Gasteiger partial charge in [0.05, 0.1) is 10.9 Å². The van der Waals surface area contributed by atoms with Crippen LogP contribution in [-0.4, -0.2) is 34.0 Å². The van der Waals surface area contributed by atoms with Gasteiger partial charge in [-0.2, -0.15) is 0 Å². The van der Waals surface area contributed by atoms with Crippen LogP contribution in [0.3, 0.4) is 0 Å². The number of thiazole rings is 1. The van der Waals surface area contributed by atoms with Crippen LogP contribution in [0.2, 0.25) is 0 Å². The van der Waals surface area contributed by atoms with Crippen molar-refractivity contribution in [2.45, 2.75) is 39.2 Å². The van der Waals surface area contributed by atoms with Gasteiger partial charge in [0.25, 0.3) is 0 Å². The Labute approximate surface area is 112 Å². The minimum atomic E-state index is -0.647. The first-order valence-corrected chi connectivity index (χ1v) is 7.33. The Kier molecular flexibility index (Phi) is 4.02. The third kappa shape index (κ3) is 2.42. The average molecular weight is 268 g/mol. The lowest BCUT2D eigenvalue weighted by atomic mass is 9.77. The van der Waals surface area contributed by atoms with E-state index in [1.165, 1.54) is 4.88 Å². The minimum absolute atomic E-state index is 0.267. The highest BCUT2D eigenvalue weighted by molar-refractivity contribution is 7.09. The molecule has 5 heteroatoms. The van der Waals surface area contributed by atoms with Crippen LogP contribution in [0.5, 0.6) is 0 Å². The van der Waals surface area contributed by atoms with E-state index in [0.29, 0.717) is 13.0 Å². The summed E-state index contributed by atoms with van der Waals surface area (Å²) in [4.78, 5) is 19.1. The van der Waals surface area contributed by atoms with Gasteiger partial charge in [-0.25, -0.2) is 0 Å². The quantitative estimate of drug-likeness (QED) is 0.912. The summed E-state index contributed by atoms with van der Waals surface area (Å²) in [6.07, 6.45) is 4.35. The monoisotopic (exact) mass is 268 g/mol. The minimum Gasteiger partial charge on any atom is -0.481 e. The first-order valence-electron chi connectivity index (χ1n) is 6.45. The van der Waals surface area contributed by atoms with Gasteiger partial charge in [-0.15, -0.1) is 11.3 Å². The number of likely N-dealkylation sites (tertiary alicyclic amines) is 1. The maximum atomic E-state index is 11.5. The summed E-state index contributed by atoms with van der Waals surface area (Å²) < 4.78 is 0. The number of rotatable bonds is 4. The van der Waals surface area contributed by atoms with Crippen LogP contribution in [-0.2, 0) is 4.79 Å². The van der Waals surface area contributed by atoms with E-state index in [-0.39, 0.29) is 6.04 Å². The van der Waals surface area contributed by atoms with Gasteiger partial charge in [0.15, 0.2) is 0 Å². The molecule has 2 heterocycles. The van der Waals surface area contributed by atoms with Crippen LogP contribution < -0.4 is 0 Å². The maximum Gasteiger partial charge on any atom is 0.310 e. The van der Waals surface area contributed by atoms with Crippen molar-refractivity contribution in [3.8, 4) is 0 Å². The molecule has 2 atom stereocenters. The molecule has 1 aromatic heterocycles. The number of hydrogen-bond donors (Lipinski definition) is 1. The van der Waals surface area contributed by atoms with Gasteiger partial charge in [0.2, 0.25) is 0 Å². The zero-order chi connectivity index (χ0) is 13.2. The molecular formula is C13H20N2O2S. The average Bonchev–Trinajstić information content (AvgIpc) is 2.91. The van der Waals surface area contributed by atoms with Gasteiger partial charge >= 0.3 is 5.97 Å². The van der Waals surface area contributed by atoms with Crippen molar-refractivity contribution in [3.05, 3.63) is 16.6 Å². The second-order valence-electron chi connectivity index (χ2n) is 5.09. The SMILES string of the molecule is CCC1(C(=O)O)CCCN(C(C)c2cncs2)C1. The Balaban J connectivity index is 2.13. The molecule has 100 valence electrons. The lowest BCUT2D eigenvalue weighted by Crippen LogP contribution is -2.48. The van der Waals surface area contributed by atoms with E-state index in [1.54, 1.807) is 11.3 Å². The number of carboxylic acid groups (broad SMARTS) is 1. The topological polar surface area (TPSA) is 53.4 Å². The van der Waals surface area contributed by atoms with E-state index < -0.39 is 11.4 Å². The predicted octanol–water partition coefficient (Wildman–Crippen LogP) is 2.78. The van der Waals surface area contributed by atoms with Crippen LogP contribution >= 0.6 is 11.3 Å². The van der Waals surface area contributed by atoms with Gasteiger partial charge in [-0.05, 0) is 32.7 Å². The van der Waals surface area contributed by atoms with Crippen LogP contribution in [0.1, 0.15) is 44.0 Å². The Morgan fingerprint density at radius 3 is 3.06 bits per heavy atom. The molecule has 1 N–H and O–H groups in total. The van der Waals surface area contributed by atoms with Gasteiger partial charge in [0, 0.05) is 23.7 Å². The largest absolute Gasteiger partial charge is 0.481 e. The number of nitrogens with zero attached hydrogens (tertiary/aromatic N) is 2. The summed E-state index contributed by atoms with van der Waals surface area (Å²) in [5.74, 6) is -0.647. The highest BCUT2D eigenvalue weighted by Crippen LogP contribution is 2.37. The Bertz CT molecular complexity index is 407. The molecule has 2 unspecified atom stereocenters. The van der Waals surface area contributed by atoms with Crippen molar-refractivity contribution >= 4 is 17.3 Å². The summed E-state index contributed by atoms with van der Waals surface area (Å²) in [5, 5.41) is 9.48. The zero-order valence-corrected chi connectivity index (χ0v) is 11.7. The molecule has 0 aliphatic carbocycles. The second kappa shape index (κ2) is 5.36. The van der Waals surface area contributed by atoms with E-state index >= 15 is 0 Å². The van der Waals surface area contributed by atoms with Gasteiger partial charge in [-0.3, -0.25) is 14.7 Å². The standard InChI is InChI=1S/C13H20N2O2S/c1-3-13(12(16)17)5-4-6-15(8-13)10(2)11-7-14-9-18-11/h7,9-10H,3-6,8H2,1-2H3,(H,16,17). The number of aromatic nitrogens is 1. The normalized spacial score (nSPS) is 27.0. The first-order chi connectivity index (χ1) is 8.59. The molecule has 18 heavy (non-hydrogen) atoms. The summed E-state index contributed by atoms with van der Waals surface area (Å²) in [5.41, 5.74) is 1.28. The number of hydrogen-bond acceptors (Lipinski definition) is 4. The lowest BCUT2D eigenvalue weighted by molar-refractivity contribution is -0.153. The van der Waals surface area contributed by atoms with Crippen molar-refractivity contribution < 1.29 is 9.90 Å². The van der Waals surface area contributed by atoms with Crippen molar-refractivity contribution in [2.75, 3.05) is 13.1 Å². The third-order valence-corrected chi connectivity index (χ3v) is 5.09. The Morgan fingerprint density at radius 1 is 1.72 bits per heavy atom. The van der Waals surface area contributed by atoms with Crippen LogP contribution in [0.4, 0.5) is 0 Å². The molecule has 4 nitrogen and oxygen atoms in total. The summed E-state index contributed by atoms with van der Waals surface area (Å²) >= 11 is 1.64. The van der Waals surface area contributed by atoms with E-state index in [0.717, 1.165) is 19.4 Å². The van der Waals surface area contributed by atoms with E-state index in [4.69, 9.17) is 0 Å². The summed E-state index contributed by atoms with van der Waals surface area (Å²) in [6, 6.07) is 0.267. The number of carboxylic acids is 1. The number of aliphatic carboxylic acids is 1. The molecule has 0 aromatic carbocycles. The summed E-state index contributed by atoms with van der Waals surface area (Å²) in [7, 11) is 0. The fourth-order valence-electron chi connectivity index (χ4n) is 2.72. The van der Waals surface area contributed by atoms with E-state index in [2.05, 4.69) is 16.8 Å². The molecule has 0 saturated carbocycles. The lowest BCUT2D eigenvalue weighted by Gasteiger charge is -2.41. The van der Waals surface area contributed by atoms with Crippen molar-refractivity contribution in [1.82, 2.24) is 9.88 Å². The molecule has 1 fully saturated rings. The molecule has 0 bridgehead atoms. The number of carbonyl (C=O) groups is 1. The maximum absolute atomic E-state index is 11.5. The first kappa shape index (κ1) is 13.5. The Morgan fingerprint density at radius 2 is 2.50 bits per heavy atom. The van der Waals surface area contributed by atoms with Gasteiger partial charge < -0.3 is 5.11 Å². The van der Waals surface area contributed by atoms with Crippen LogP contribution in [0, 0.1) is 5.41 Å². The van der Waals surface area contributed by atoms with Crippen molar-refractivity contribution in [1.29, 1.82) is 0 Å². The predicted molar refractivity (Wildman–Crippen MR) is 71.7 cm³/mol. The van der Waals surface area contributed by atoms with Crippen LogP contribution in [0.15, 0.2) is 11.7 Å². The fourth-order valence-corrected chi connectivity index (χ4v) is 3.44. The highest BCUT2D eigenvalue weighted by atomic mass is 32.1. The molecule has 0 spiro atoms. The van der Waals surface area contributed by atoms with Gasteiger partial charge in [0.1, 0.15) is 0 Å². The molecule has 2 rings (SSSR count). The molecule has 1 aliphatic heterocycles. The van der Waals surface area contributed by atoms with E-state index in [1.807, 2.05) is 18.6 Å². The zero-order valence-electron chi connectivity index (χ0n) is 10.9. The van der Waals surface area contributed by atoms with Crippen LogP contribution in [0.25, 0.3) is 0 Å². The second-order valence-corrected chi connectivity index (χ2v) is 6.01. The molecular weight excluding hydrogens is 248 g/mol. The smallest absolute Gasteiger partial charge is 0.310 e. The Hall–Kier alpha value is -0.940.